The first-order valence-corrected chi connectivity index (χ1v) is 13.9. The van der Waals surface area contributed by atoms with Crippen LogP contribution in [0.5, 0.6) is 11.5 Å². The third-order valence-electron chi connectivity index (χ3n) is 6.38. The lowest BCUT2D eigenvalue weighted by molar-refractivity contribution is 0.410. The molecule has 10 heteroatoms. The molecule has 0 amide bonds. The summed E-state index contributed by atoms with van der Waals surface area (Å²) in [5.41, 5.74) is 7.38. The Kier molecular flexibility index (Phi) is 7.52. The molecule has 38 heavy (non-hydrogen) atoms. The van der Waals surface area contributed by atoms with Gasteiger partial charge < -0.3 is 15.8 Å². The van der Waals surface area contributed by atoms with E-state index in [0.29, 0.717) is 23.0 Å². The molecule has 0 saturated heterocycles. The van der Waals surface area contributed by atoms with E-state index < -0.39 is 15.8 Å². The van der Waals surface area contributed by atoms with Crippen molar-refractivity contribution in [2.75, 3.05) is 10.0 Å². The van der Waals surface area contributed by atoms with E-state index in [9.17, 15) is 12.8 Å². The minimum absolute atomic E-state index is 0.0499. The zero-order valence-electron chi connectivity index (χ0n) is 20.5. The summed E-state index contributed by atoms with van der Waals surface area (Å²) in [5.74, 6) is 0.149. The summed E-state index contributed by atoms with van der Waals surface area (Å²) in [7, 11) is -3.85. The van der Waals surface area contributed by atoms with Crippen LogP contribution in [0.3, 0.4) is 0 Å². The zero-order chi connectivity index (χ0) is 26.5. The van der Waals surface area contributed by atoms with Crippen LogP contribution < -0.4 is 20.5 Å². The highest BCUT2D eigenvalue weighted by molar-refractivity contribution is 7.92. The van der Waals surface area contributed by atoms with Crippen molar-refractivity contribution in [2.45, 2.75) is 42.7 Å². The van der Waals surface area contributed by atoms with Gasteiger partial charge in [0.05, 0.1) is 16.3 Å². The van der Waals surface area contributed by atoms with Gasteiger partial charge in [0, 0.05) is 29.9 Å². The summed E-state index contributed by atoms with van der Waals surface area (Å²) in [4.78, 5) is 9.10. The van der Waals surface area contributed by atoms with Crippen molar-refractivity contribution in [3.8, 4) is 22.8 Å². The number of para-hydroxylation sites is 1. The standard InChI is InChI=1S/C28H28FN5O3S/c29-24-18-21(34-38(35,36)22-6-2-1-3-7-22)14-15-27(24)37-26-9-5-4-8-23(26)25-16-17-31-28(33-25)32-20-12-10-19(30)11-13-20/h1-9,14-20,34H,10-13,30H2,(H,31,32,33). The van der Waals surface area contributed by atoms with Crippen LogP contribution in [0.1, 0.15) is 25.7 Å². The quantitative estimate of drug-likeness (QED) is 0.271. The molecule has 1 aliphatic carbocycles. The van der Waals surface area contributed by atoms with Crippen LogP contribution in [0, 0.1) is 5.82 Å². The van der Waals surface area contributed by atoms with Crippen molar-refractivity contribution < 1.29 is 17.5 Å². The van der Waals surface area contributed by atoms with Gasteiger partial charge >= 0.3 is 0 Å². The van der Waals surface area contributed by atoms with Gasteiger partial charge in [0.15, 0.2) is 11.6 Å². The summed E-state index contributed by atoms with van der Waals surface area (Å²) < 4.78 is 48.4. The molecule has 0 atom stereocenters. The van der Waals surface area contributed by atoms with Crippen molar-refractivity contribution >= 4 is 21.7 Å². The Bertz CT molecular complexity index is 1510. The van der Waals surface area contributed by atoms with Gasteiger partial charge in [-0.2, -0.15) is 0 Å². The molecule has 0 radical (unpaired) electrons. The largest absolute Gasteiger partial charge is 0.454 e. The van der Waals surface area contributed by atoms with Crippen LogP contribution in [0.25, 0.3) is 11.3 Å². The summed E-state index contributed by atoms with van der Waals surface area (Å²) in [6.07, 6.45) is 5.53. The van der Waals surface area contributed by atoms with Crippen LogP contribution >= 0.6 is 0 Å². The van der Waals surface area contributed by atoms with Gasteiger partial charge in [-0.25, -0.2) is 22.8 Å². The number of nitrogens with two attached hydrogens (primary N) is 1. The highest BCUT2D eigenvalue weighted by Gasteiger charge is 2.20. The molecule has 8 nitrogen and oxygen atoms in total. The van der Waals surface area contributed by atoms with Gasteiger partial charge in [-0.3, -0.25) is 4.72 Å². The molecule has 1 heterocycles. The van der Waals surface area contributed by atoms with Gasteiger partial charge in [-0.05, 0) is 68.1 Å². The Morgan fingerprint density at radius 1 is 0.895 bits per heavy atom. The number of rotatable bonds is 8. The molecular weight excluding hydrogens is 505 g/mol. The normalized spacial score (nSPS) is 17.5. The third-order valence-corrected chi connectivity index (χ3v) is 7.78. The molecule has 0 aliphatic heterocycles. The summed E-state index contributed by atoms with van der Waals surface area (Å²) >= 11 is 0. The molecule has 1 fully saturated rings. The van der Waals surface area contributed by atoms with Gasteiger partial charge in [0.1, 0.15) is 5.75 Å². The average molecular weight is 534 g/mol. The topological polar surface area (TPSA) is 119 Å². The van der Waals surface area contributed by atoms with E-state index >= 15 is 0 Å². The van der Waals surface area contributed by atoms with Gasteiger partial charge in [-0.15, -0.1) is 0 Å². The number of hydrogen-bond acceptors (Lipinski definition) is 7. The van der Waals surface area contributed by atoms with E-state index in [4.69, 9.17) is 10.5 Å². The Hall–Kier alpha value is -4.02. The lowest BCUT2D eigenvalue weighted by Crippen LogP contribution is -2.33. The second-order valence-electron chi connectivity index (χ2n) is 9.18. The van der Waals surface area contributed by atoms with E-state index in [2.05, 4.69) is 20.0 Å². The van der Waals surface area contributed by atoms with Gasteiger partial charge in [0.2, 0.25) is 5.95 Å². The SMILES string of the molecule is NC1CCC(Nc2nccc(-c3ccccc3Oc3ccc(NS(=O)(=O)c4ccccc4)cc3F)n2)CC1. The molecular formula is C28H28FN5O3S. The molecule has 4 N–H and O–H groups in total. The maximum atomic E-state index is 15.0. The third kappa shape index (κ3) is 6.09. The number of hydrogen-bond donors (Lipinski definition) is 3. The number of nitrogens with zero attached hydrogens (tertiary/aromatic N) is 2. The molecule has 1 aromatic heterocycles. The van der Waals surface area contributed by atoms with Crippen LogP contribution in [0.2, 0.25) is 0 Å². The Labute approximate surface area is 221 Å². The Balaban J connectivity index is 1.33. The number of benzene rings is 3. The fourth-order valence-electron chi connectivity index (χ4n) is 4.37. The first-order chi connectivity index (χ1) is 18.4. The van der Waals surface area contributed by atoms with E-state index in [1.54, 1.807) is 42.6 Å². The highest BCUT2D eigenvalue weighted by atomic mass is 32.2. The number of halogens is 1. The predicted molar refractivity (Wildman–Crippen MR) is 145 cm³/mol. The molecule has 1 saturated carbocycles. The van der Waals surface area contributed by atoms with Crippen LogP contribution in [-0.2, 0) is 10.0 Å². The average Bonchev–Trinajstić information content (AvgIpc) is 2.92. The Morgan fingerprint density at radius 2 is 1.63 bits per heavy atom. The predicted octanol–water partition coefficient (Wildman–Crippen LogP) is 5.56. The fraction of sp³-hybridized carbons (Fsp3) is 0.214. The molecule has 0 unspecified atom stereocenters. The molecule has 1 aliphatic rings. The van der Waals surface area contributed by atoms with Crippen LogP contribution in [-0.4, -0.2) is 30.5 Å². The molecule has 0 spiro atoms. The van der Waals surface area contributed by atoms with E-state index in [-0.39, 0.29) is 28.4 Å². The fourth-order valence-corrected chi connectivity index (χ4v) is 5.44. The minimum Gasteiger partial charge on any atom is -0.454 e. The second kappa shape index (κ2) is 11.2. The summed E-state index contributed by atoms with van der Waals surface area (Å²) in [6.45, 7) is 0. The highest BCUT2D eigenvalue weighted by Crippen LogP contribution is 2.34. The monoisotopic (exact) mass is 533 g/mol. The van der Waals surface area contributed by atoms with Gasteiger partial charge in [-0.1, -0.05) is 30.3 Å². The van der Waals surface area contributed by atoms with Crippen molar-refractivity contribution in [1.29, 1.82) is 0 Å². The number of ether oxygens (including phenoxy) is 1. The maximum Gasteiger partial charge on any atom is 0.261 e. The van der Waals surface area contributed by atoms with Crippen molar-refractivity contribution in [2.24, 2.45) is 5.73 Å². The van der Waals surface area contributed by atoms with Crippen LogP contribution in [0.15, 0.2) is 90.0 Å². The lowest BCUT2D eigenvalue weighted by atomic mass is 9.92. The molecule has 196 valence electrons. The molecule has 5 rings (SSSR count). The smallest absolute Gasteiger partial charge is 0.261 e. The maximum absolute atomic E-state index is 15.0. The summed E-state index contributed by atoms with van der Waals surface area (Å²) in [6, 6.07) is 21.3. The van der Waals surface area contributed by atoms with Crippen molar-refractivity contribution in [1.82, 2.24) is 9.97 Å². The van der Waals surface area contributed by atoms with E-state index in [0.717, 1.165) is 31.7 Å². The summed E-state index contributed by atoms with van der Waals surface area (Å²) in [5, 5.41) is 3.39. The van der Waals surface area contributed by atoms with E-state index in [1.165, 1.54) is 24.3 Å². The Morgan fingerprint density at radius 3 is 2.39 bits per heavy atom. The molecule has 3 aromatic carbocycles. The van der Waals surface area contributed by atoms with Crippen LogP contribution in [0.4, 0.5) is 16.0 Å². The zero-order valence-corrected chi connectivity index (χ0v) is 21.4. The van der Waals surface area contributed by atoms with Crippen molar-refractivity contribution in [3.05, 3.63) is 90.9 Å². The first kappa shape index (κ1) is 25.6. The van der Waals surface area contributed by atoms with Gasteiger partial charge in [0.25, 0.3) is 10.0 Å². The van der Waals surface area contributed by atoms with Crippen molar-refractivity contribution in [3.63, 3.8) is 0 Å². The lowest BCUT2D eigenvalue weighted by Gasteiger charge is -2.26. The number of sulfonamides is 1. The first-order valence-electron chi connectivity index (χ1n) is 12.4. The van der Waals surface area contributed by atoms with E-state index in [1.807, 2.05) is 12.1 Å². The molecule has 0 bridgehead atoms. The minimum atomic E-state index is -3.85. The molecule has 4 aromatic rings. The second-order valence-corrected chi connectivity index (χ2v) is 10.9. The number of nitrogens with one attached hydrogen (secondary N) is 2. The number of aromatic nitrogens is 2. The number of anilines is 2.